The Labute approximate surface area is 131 Å². The van der Waals surface area contributed by atoms with Crippen molar-refractivity contribution in [2.45, 2.75) is 19.6 Å². The quantitative estimate of drug-likeness (QED) is 0.772. The maximum Gasteiger partial charge on any atom is 0.148 e. The molecule has 0 spiro atoms. The summed E-state index contributed by atoms with van der Waals surface area (Å²) in [5.41, 5.74) is 3.07. The van der Waals surface area contributed by atoms with E-state index in [1.165, 1.54) is 0 Å². The Hall–Kier alpha value is -2.28. The first-order valence-corrected chi connectivity index (χ1v) is 7.31. The van der Waals surface area contributed by atoms with Gasteiger partial charge in [-0.1, -0.05) is 48.4 Å². The zero-order valence-electron chi connectivity index (χ0n) is 12.8. The molecule has 0 fully saturated rings. The molecular weight excluding hydrogens is 274 g/mol. The molecule has 0 heterocycles. The first kappa shape index (κ1) is 16.1. The summed E-state index contributed by atoms with van der Waals surface area (Å²) >= 11 is 0. The van der Waals surface area contributed by atoms with Gasteiger partial charge < -0.3 is 15.2 Å². The minimum absolute atomic E-state index is 0.253. The fraction of sp³-hybridized carbons (Fsp3) is 0.263. The Bertz CT molecular complexity index is 646. The summed E-state index contributed by atoms with van der Waals surface area (Å²) in [6.45, 7) is 3.35. The number of benzene rings is 2. The summed E-state index contributed by atoms with van der Waals surface area (Å²) in [4.78, 5) is 0. The van der Waals surface area contributed by atoms with Crippen LogP contribution in [0.4, 0.5) is 0 Å². The van der Waals surface area contributed by atoms with Gasteiger partial charge in [-0.25, -0.2) is 0 Å². The topological polar surface area (TPSA) is 41.5 Å². The van der Waals surface area contributed by atoms with Gasteiger partial charge in [0.2, 0.25) is 0 Å². The van der Waals surface area contributed by atoms with Gasteiger partial charge in [0.05, 0.1) is 6.10 Å². The van der Waals surface area contributed by atoms with Crippen LogP contribution in [0.2, 0.25) is 0 Å². The molecule has 3 nitrogen and oxygen atoms in total. The van der Waals surface area contributed by atoms with E-state index in [0.717, 1.165) is 22.4 Å². The molecule has 2 N–H and O–H groups in total. The SMILES string of the molecule is C#CCOc1ccccc1CNCC(O)c1ccccc1C. The molecule has 2 rings (SSSR count). The third-order valence-electron chi connectivity index (χ3n) is 3.48. The Morgan fingerprint density at radius 2 is 1.91 bits per heavy atom. The molecule has 0 aliphatic carbocycles. The van der Waals surface area contributed by atoms with E-state index < -0.39 is 6.10 Å². The van der Waals surface area contributed by atoms with Crippen molar-refractivity contribution < 1.29 is 9.84 Å². The average Bonchev–Trinajstić information content (AvgIpc) is 2.54. The van der Waals surface area contributed by atoms with E-state index in [4.69, 9.17) is 11.2 Å². The zero-order valence-corrected chi connectivity index (χ0v) is 12.8. The largest absolute Gasteiger partial charge is 0.481 e. The van der Waals surface area contributed by atoms with E-state index in [9.17, 15) is 5.11 Å². The summed E-state index contributed by atoms with van der Waals surface area (Å²) in [5, 5.41) is 13.5. The van der Waals surface area contributed by atoms with Crippen molar-refractivity contribution >= 4 is 0 Å². The molecule has 0 aliphatic heterocycles. The highest BCUT2D eigenvalue weighted by Gasteiger charge is 2.10. The molecule has 0 aromatic heterocycles. The molecular formula is C19H21NO2. The van der Waals surface area contributed by atoms with Gasteiger partial charge in [-0.15, -0.1) is 6.42 Å². The highest BCUT2D eigenvalue weighted by molar-refractivity contribution is 5.33. The Morgan fingerprint density at radius 3 is 2.68 bits per heavy atom. The van der Waals surface area contributed by atoms with Crippen LogP contribution in [0.5, 0.6) is 5.75 Å². The van der Waals surface area contributed by atoms with Crippen LogP contribution in [0.3, 0.4) is 0 Å². The van der Waals surface area contributed by atoms with E-state index >= 15 is 0 Å². The zero-order chi connectivity index (χ0) is 15.8. The summed E-state index contributed by atoms with van der Waals surface area (Å²) in [6, 6.07) is 15.6. The lowest BCUT2D eigenvalue weighted by atomic mass is 10.0. The normalized spacial score (nSPS) is 11.7. The summed E-state index contributed by atoms with van der Waals surface area (Å²) in [5.74, 6) is 3.24. The lowest BCUT2D eigenvalue weighted by Gasteiger charge is -2.15. The Balaban J connectivity index is 1.91. The van der Waals surface area contributed by atoms with Crippen LogP contribution in [0, 0.1) is 19.3 Å². The molecule has 0 radical (unpaired) electrons. The predicted molar refractivity (Wildman–Crippen MR) is 88.6 cm³/mol. The van der Waals surface area contributed by atoms with Crippen molar-refractivity contribution in [3.63, 3.8) is 0 Å². The number of rotatable bonds is 7. The van der Waals surface area contributed by atoms with Gasteiger partial charge in [0.25, 0.3) is 0 Å². The van der Waals surface area contributed by atoms with Crippen LogP contribution in [0.25, 0.3) is 0 Å². The Morgan fingerprint density at radius 1 is 1.18 bits per heavy atom. The van der Waals surface area contributed by atoms with Crippen LogP contribution < -0.4 is 10.1 Å². The fourth-order valence-electron chi connectivity index (χ4n) is 2.32. The maximum atomic E-state index is 10.3. The van der Waals surface area contributed by atoms with Gasteiger partial charge in [0.15, 0.2) is 0 Å². The van der Waals surface area contributed by atoms with Crippen molar-refractivity contribution in [1.29, 1.82) is 0 Å². The number of ether oxygens (including phenoxy) is 1. The summed E-state index contributed by atoms with van der Waals surface area (Å²) < 4.78 is 5.51. The van der Waals surface area contributed by atoms with Gasteiger partial charge in [0.1, 0.15) is 12.4 Å². The first-order chi connectivity index (χ1) is 10.7. The lowest BCUT2D eigenvalue weighted by Crippen LogP contribution is -2.22. The van der Waals surface area contributed by atoms with Gasteiger partial charge in [-0.2, -0.15) is 0 Å². The highest BCUT2D eigenvalue weighted by Crippen LogP contribution is 2.19. The Kier molecular flexibility index (Phi) is 6.02. The summed E-state index contributed by atoms with van der Waals surface area (Å²) in [6.07, 6.45) is 4.69. The number of nitrogens with one attached hydrogen (secondary N) is 1. The lowest BCUT2D eigenvalue weighted by molar-refractivity contribution is 0.173. The number of aliphatic hydroxyl groups excluding tert-OH is 1. The van der Waals surface area contributed by atoms with Crippen LogP contribution in [0.1, 0.15) is 22.8 Å². The standard InChI is InChI=1S/C19H21NO2/c1-3-12-22-19-11-7-5-9-16(19)13-20-14-18(21)17-10-6-4-8-15(17)2/h1,4-11,18,20-21H,12-14H2,2H3. The van der Waals surface area contributed by atoms with Crippen molar-refractivity contribution in [1.82, 2.24) is 5.32 Å². The summed E-state index contributed by atoms with van der Waals surface area (Å²) in [7, 11) is 0. The molecule has 2 aromatic rings. The van der Waals surface area contributed by atoms with Gasteiger partial charge in [0, 0.05) is 18.7 Å². The van der Waals surface area contributed by atoms with E-state index in [1.807, 2.05) is 55.5 Å². The second-order valence-corrected chi connectivity index (χ2v) is 5.10. The van der Waals surface area contributed by atoms with Crippen LogP contribution in [0.15, 0.2) is 48.5 Å². The van der Waals surface area contributed by atoms with E-state index in [2.05, 4.69) is 11.2 Å². The number of aliphatic hydroxyl groups is 1. The predicted octanol–water partition coefficient (Wildman–Crippen LogP) is 2.83. The molecule has 0 saturated carbocycles. The molecule has 2 aromatic carbocycles. The van der Waals surface area contributed by atoms with Gasteiger partial charge in [-0.3, -0.25) is 0 Å². The number of hydrogen-bond donors (Lipinski definition) is 2. The molecule has 22 heavy (non-hydrogen) atoms. The second-order valence-electron chi connectivity index (χ2n) is 5.10. The van der Waals surface area contributed by atoms with Crippen molar-refractivity contribution in [2.24, 2.45) is 0 Å². The molecule has 0 amide bonds. The van der Waals surface area contributed by atoms with Crippen LogP contribution >= 0.6 is 0 Å². The van der Waals surface area contributed by atoms with E-state index in [0.29, 0.717) is 13.1 Å². The van der Waals surface area contributed by atoms with E-state index in [-0.39, 0.29) is 6.61 Å². The minimum Gasteiger partial charge on any atom is -0.481 e. The number of aryl methyl sites for hydroxylation is 1. The van der Waals surface area contributed by atoms with E-state index in [1.54, 1.807) is 0 Å². The second kappa shape index (κ2) is 8.23. The fourth-order valence-corrected chi connectivity index (χ4v) is 2.32. The molecule has 1 unspecified atom stereocenters. The molecule has 114 valence electrons. The molecule has 1 atom stereocenters. The van der Waals surface area contributed by atoms with Crippen molar-refractivity contribution in [2.75, 3.05) is 13.2 Å². The molecule has 0 saturated heterocycles. The monoisotopic (exact) mass is 295 g/mol. The van der Waals surface area contributed by atoms with Gasteiger partial charge >= 0.3 is 0 Å². The third-order valence-corrected chi connectivity index (χ3v) is 3.48. The van der Waals surface area contributed by atoms with Crippen molar-refractivity contribution in [3.05, 3.63) is 65.2 Å². The maximum absolute atomic E-state index is 10.3. The molecule has 3 heteroatoms. The number of terminal acetylenes is 1. The third kappa shape index (κ3) is 4.36. The van der Waals surface area contributed by atoms with Crippen LogP contribution in [-0.2, 0) is 6.54 Å². The number of para-hydroxylation sites is 1. The molecule has 0 bridgehead atoms. The first-order valence-electron chi connectivity index (χ1n) is 7.31. The highest BCUT2D eigenvalue weighted by atomic mass is 16.5. The van der Waals surface area contributed by atoms with Crippen molar-refractivity contribution in [3.8, 4) is 18.1 Å². The molecule has 0 aliphatic rings. The average molecular weight is 295 g/mol. The number of hydrogen-bond acceptors (Lipinski definition) is 3. The smallest absolute Gasteiger partial charge is 0.148 e. The van der Waals surface area contributed by atoms with Gasteiger partial charge in [-0.05, 0) is 24.1 Å². The van der Waals surface area contributed by atoms with Crippen LogP contribution in [-0.4, -0.2) is 18.3 Å². The minimum atomic E-state index is -0.528.